The van der Waals surface area contributed by atoms with Crippen LogP contribution in [0.4, 0.5) is 5.13 Å². The van der Waals surface area contributed by atoms with Crippen molar-refractivity contribution in [1.29, 1.82) is 0 Å². The Morgan fingerprint density at radius 1 is 1.42 bits per heavy atom. The van der Waals surface area contributed by atoms with Gasteiger partial charge in [-0.1, -0.05) is 5.16 Å². The number of nitrogens with two attached hydrogens (primary N) is 1. The predicted octanol–water partition coefficient (Wildman–Crippen LogP) is 0.719. The van der Waals surface area contributed by atoms with E-state index in [1.807, 2.05) is 0 Å². The molecule has 1 fully saturated rings. The number of pyridine rings is 1. The van der Waals surface area contributed by atoms with E-state index in [9.17, 15) is 29.7 Å². The Hall–Kier alpha value is -3.23. The number of aromatic nitrogens is 2. The summed E-state index contributed by atoms with van der Waals surface area (Å²) in [4.78, 5) is 45.1. The summed E-state index contributed by atoms with van der Waals surface area (Å²) in [5, 5.41) is 35.0. The van der Waals surface area contributed by atoms with Crippen molar-refractivity contribution in [2.75, 3.05) is 5.73 Å². The first-order chi connectivity index (χ1) is 15.6. The van der Waals surface area contributed by atoms with E-state index in [0.29, 0.717) is 17.6 Å². The van der Waals surface area contributed by atoms with Crippen LogP contribution in [0.5, 0.6) is 5.75 Å². The van der Waals surface area contributed by atoms with Crippen molar-refractivity contribution in [3.8, 4) is 5.75 Å². The topological polar surface area (TPSA) is 187 Å². The Morgan fingerprint density at radius 2 is 2.18 bits per heavy atom. The van der Waals surface area contributed by atoms with Crippen LogP contribution in [0, 0.1) is 0 Å². The Labute approximate surface area is 192 Å². The van der Waals surface area contributed by atoms with Gasteiger partial charge in [-0.25, -0.2) is 4.98 Å². The molecule has 1 aliphatic rings. The number of carbonyl (C=O) groups excluding carboxylic acids is 2. The summed E-state index contributed by atoms with van der Waals surface area (Å²) in [7, 11) is -1.21. The molecule has 33 heavy (non-hydrogen) atoms. The van der Waals surface area contributed by atoms with Gasteiger partial charge in [0.1, 0.15) is 17.2 Å². The molecule has 0 bridgehead atoms. The summed E-state index contributed by atoms with van der Waals surface area (Å²) in [6, 6.07) is 0.959. The maximum atomic E-state index is 13.0. The summed E-state index contributed by atoms with van der Waals surface area (Å²) in [5.74, 6) is -1.68. The number of carbonyl (C=O) groups is 2. The maximum Gasteiger partial charge on any atom is 0.458 e. The number of Topliss-reactive ketones (excluding diaryl/α,β-unsaturated/α-hetero) is 2. The number of rotatable bonds is 9. The third-order valence-electron chi connectivity index (χ3n) is 5.04. The Morgan fingerprint density at radius 3 is 2.82 bits per heavy atom. The van der Waals surface area contributed by atoms with E-state index in [4.69, 9.17) is 15.2 Å². The van der Waals surface area contributed by atoms with Crippen LogP contribution in [0.1, 0.15) is 44.0 Å². The average Bonchev–Trinajstić information content (AvgIpc) is 3.16. The largest absolute Gasteiger partial charge is 0.503 e. The number of hydrogen-bond acceptors (Lipinski definition) is 12. The fraction of sp³-hybridized carbons (Fsp3) is 0.421. The maximum absolute atomic E-state index is 13.0. The molecule has 0 unspecified atom stereocenters. The second-order valence-electron chi connectivity index (χ2n) is 7.66. The molecule has 3 rings (SSSR count). The van der Waals surface area contributed by atoms with Crippen LogP contribution in [0.2, 0.25) is 5.82 Å². The van der Waals surface area contributed by atoms with Gasteiger partial charge in [0.25, 0.3) is 0 Å². The fourth-order valence-electron chi connectivity index (χ4n) is 3.39. The summed E-state index contributed by atoms with van der Waals surface area (Å²) in [6.45, 7) is 1.06. The summed E-state index contributed by atoms with van der Waals surface area (Å²) in [6.07, 6.45) is 1.50. The predicted molar refractivity (Wildman–Crippen MR) is 118 cm³/mol. The number of ketones is 2. The molecule has 0 aliphatic carbocycles. The van der Waals surface area contributed by atoms with Gasteiger partial charge in [-0.2, -0.15) is 4.73 Å². The lowest BCUT2D eigenvalue weighted by Crippen LogP contribution is -2.38. The lowest BCUT2D eigenvalue weighted by atomic mass is 9.64. The number of hydrogen-bond donors (Lipinski definition) is 4. The second-order valence-corrected chi connectivity index (χ2v) is 8.55. The van der Waals surface area contributed by atoms with Crippen molar-refractivity contribution < 1.29 is 34.4 Å². The molecule has 2 aromatic heterocycles. The van der Waals surface area contributed by atoms with E-state index < -0.39 is 29.9 Å². The fourth-order valence-corrected chi connectivity index (χ4v) is 3.94. The molecule has 0 spiro atoms. The Bertz CT molecular complexity index is 1120. The molecule has 0 saturated carbocycles. The molecule has 5 N–H and O–H groups in total. The number of anilines is 1. The molecule has 176 valence electrons. The SMILES string of the molecule is CC(=O)C[C@@H]1CC[C@H](CC(=O)/C(=N\OCc2cc(=O)c(O)cn2O)c2csc(N)n2)B(O)O1. The van der Waals surface area contributed by atoms with E-state index in [0.717, 1.165) is 23.6 Å². The number of thiazole rings is 1. The second kappa shape index (κ2) is 10.6. The van der Waals surface area contributed by atoms with Gasteiger partial charge in [0.2, 0.25) is 5.43 Å². The lowest BCUT2D eigenvalue weighted by molar-refractivity contribution is -0.119. The minimum Gasteiger partial charge on any atom is -0.503 e. The first-order valence-corrected chi connectivity index (χ1v) is 10.9. The molecule has 2 aromatic rings. The summed E-state index contributed by atoms with van der Waals surface area (Å²) < 4.78 is 5.97. The van der Waals surface area contributed by atoms with Crippen LogP contribution >= 0.6 is 11.3 Å². The highest BCUT2D eigenvalue weighted by Gasteiger charge is 2.37. The van der Waals surface area contributed by atoms with Crippen molar-refractivity contribution in [2.24, 2.45) is 5.16 Å². The highest BCUT2D eigenvalue weighted by molar-refractivity contribution is 7.13. The zero-order chi connectivity index (χ0) is 24.1. The van der Waals surface area contributed by atoms with Gasteiger partial charge in [0.05, 0.1) is 6.20 Å². The van der Waals surface area contributed by atoms with Crippen LogP contribution in [0.25, 0.3) is 0 Å². The van der Waals surface area contributed by atoms with Crippen molar-refractivity contribution in [3.05, 3.63) is 39.3 Å². The van der Waals surface area contributed by atoms with E-state index in [2.05, 4.69) is 10.1 Å². The first-order valence-electron chi connectivity index (χ1n) is 10.0. The molecular formula is C19H23BN4O8S. The van der Waals surface area contributed by atoms with Gasteiger partial charge in [-0.15, -0.1) is 11.3 Å². The standard InChI is InChI=1S/C19H23BN4O8S/c1-10(25)4-13-3-2-11(20(29)32-13)5-16(27)18(14-9-33-19(21)22-14)23-31-8-12-6-15(26)17(28)7-24(12)30/h6-7,9,11,13,28-30H,2-5,8H2,1H3,(H2,21,22)/b23-18-/t11-,13+/m1/s1. The highest BCUT2D eigenvalue weighted by Crippen LogP contribution is 2.31. The lowest BCUT2D eigenvalue weighted by Gasteiger charge is -2.30. The van der Waals surface area contributed by atoms with Crippen LogP contribution in [-0.4, -0.2) is 55.6 Å². The quantitative estimate of drug-likeness (QED) is 0.173. The Balaban J connectivity index is 1.72. The third-order valence-corrected chi connectivity index (χ3v) is 5.72. The van der Waals surface area contributed by atoms with Crippen LogP contribution in [0.15, 0.2) is 27.6 Å². The van der Waals surface area contributed by atoms with Gasteiger partial charge < -0.3 is 30.6 Å². The van der Waals surface area contributed by atoms with E-state index in [1.54, 1.807) is 0 Å². The molecule has 0 radical (unpaired) electrons. The number of nitrogen functional groups attached to an aromatic ring is 1. The summed E-state index contributed by atoms with van der Waals surface area (Å²) in [5.41, 5.74) is 4.96. The zero-order valence-electron chi connectivity index (χ0n) is 17.7. The van der Waals surface area contributed by atoms with E-state index >= 15 is 0 Å². The molecule has 14 heteroatoms. The van der Waals surface area contributed by atoms with Crippen molar-refractivity contribution in [3.63, 3.8) is 0 Å². The van der Waals surface area contributed by atoms with Gasteiger partial charge in [-0.3, -0.25) is 14.4 Å². The van der Waals surface area contributed by atoms with Crippen LogP contribution < -0.4 is 11.2 Å². The normalized spacial score (nSPS) is 18.8. The van der Waals surface area contributed by atoms with Crippen molar-refractivity contribution >= 4 is 40.9 Å². The van der Waals surface area contributed by atoms with Gasteiger partial charge in [0.15, 0.2) is 29.0 Å². The van der Waals surface area contributed by atoms with Crippen molar-refractivity contribution in [1.82, 2.24) is 9.71 Å². The van der Waals surface area contributed by atoms with Gasteiger partial charge >= 0.3 is 7.12 Å². The zero-order valence-corrected chi connectivity index (χ0v) is 18.5. The minimum atomic E-state index is -1.21. The molecular weight excluding hydrogens is 455 g/mol. The molecule has 1 saturated heterocycles. The van der Waals surface area contributed by atoms with E-state index in [-0.39, 0.29) is 53.6 Å². The highest BCUT2D eigenvalue weighted by atomic mass is 32.1. The monoisotopic (exact) mass is 478 g/mol. The van der Waals surface area contributed by atoms with Crippen molar-refractivity contribution in [2.45, 2.75) is 51.1 Å². The molecule has 12 nitrogen and oxygen atoms in total. The molecule has 3 heterocycles. The molecule has 0 aromatic carbocycles. The van der Waals surface area contributed by atoms with Crippen LogP contribution in [-0.2, 0) is 25.7 Å². The number of aromatic hydroxyl groups is 1. The first kappa shape index (κ1) is 24.4. The minimum absolute atomic E-state index is 0.0150. The number of nitrogens with zero attached hydrogens (tertiary/aromatic N) is 3. The molecule has 1 aliphatic heterocycles. The van der Waals surface area contributed by atoms with E-state index in [1.165, 1.54) is 12.3 Å². The number of oxime groups is 1. The third kappa shape index (κ3) is 6.40. The van der Waals surface area contributed by atoms with Gasteiger partial charge in [-0.05, 0) is 19.8 Å². The summed E-state index contributed by atoms with van der Waals surface area (Å²) >= 11 is 1.10. The average molecular weight is 478 g/mol. The Kier molecular flexibility index (Phi) is 7.84. The molecule has 2 atom stereocenters. The van der Waals surface area contributed by atoms with Gasteiger partial charge in [0, 0.05) is 36.2 Å². The smallest absolute Gasteiger partial charge is 0.458 e. The van der Waals surface area contributed by atoms with Crippen LogP contribution in [0.3, 0.4) is 0 Å². The molecule has 0 amide bonds.